The van der Waals surface area contributed by atoms with E-state index >= 15 is 0 Å². The van der Waals surface area contributed by atoms with Gasteiger partial charge in [-0.3, -0.25) is 0 Å². The molecule has 1 aromatic carbocycles. The third kappa shape index (κ3) is 5.92. The zero-order valence-corrected chi connectivity index (χ0v) is 10.7. The van der Waals surface area contributed by atoms with Crippen molar-refractivity contribution in [3.8, 4) is 0 Å². The first-order valence-corrected chi connectivity index (χ1v) is 6.19. The molecule has 1 nitrogen and oxygen atoms in total. The van der Waals surface area contributed by atoms with Crippen LogP contribution in [-0.2, 0) is 6.42 Å². The molecule has 0 aliphatic heterocycles. The Balaban J connectivity index is 2.21. The summed E-state index contributed by atoms with van der Waals surface area (Å²) in [5, 5.41) is 9.86. The van der Waals surface area contributed by atoms with E-state index < -0.39 is 0 Å². The third-order valence-electron chi connectivity index (χ3n) is 2.69. The Hall–Kier alpha value is -0.820. The van der Waals surface area contributed by atoms with E-state index in [0.717, 1.165) is 25.7 Å². The zero-order chi connectivity index (χ0) is 12.0. The lowest BCUT2D eigenvalue weighted by atomic mass is 9.87. The minimum atomic E-state index is -0.149. The van der Waals surface area contributed by atoms with Gasteiger partial charge in [0.1, 0.15) is 0 Å². The molecule has 0 radical (unpaired) electrons. The van der Waals surface area contributed by atoms with E-state index in [2.05, 4.69) is 45.0 Å². The number of aliphatic hydroxyl groups excluding tert-OH is 1. The molecule has 0 spiro atoms. The van der Waals surface area contributed by atoms with Crippen LogP contribution in [0, 0.1) is 5.41 Å². The number of hydrogen-bond acceptors (Lipinski definition) is 1. The van der Waals surface area contributed by atoms with E-state index in [-0.39, 0.29) is 11.5 Å². The molecule has 0 saturated carbocycles. The van der Waals surface area contributed by atoms with Gasteiger partial charge in [0.15, 0.2) is 0 Å². The lowest BCUT2D eigenvalue weighted by Crippen LogP contribution is -2.17. The summed E-state index contributed by atoms with van der Waals surface area (Å²) in [6.45, 7) is 6.52. The van der Waals surface area contributed by atoms with Crippen LogP contribution in [0.2, 0.25) is 0 Å². The summed E-state index contributed by atoms with van der Waals surface area (Å²) in [4.78, 5) is 0. The molecule has 1 unspecified atom stereocenters. The van der Waals surface area contributed by atoms with Gasteiger partial charge in [0.25, 0.3) is 0 Å². The molecule has 0 fully saturated rings. The Bertz CT molecular complexity index is 284. The van der Waals surface area contributed by atoms with Gasteiger partial charge in [-0.05, 0) is 36.7 Å². The third-order valence-corrected chi connectivity index (χ3v) is 2.69. The molecule has 1 rings (SSSR count). The maximum absolute atomic E-state index is 9.86. The van der Waals surface area contributed by atoms with Crippen LogP contribution >= 0.6 is 0 Å². The van der Waals surface area contributed by atoms with Gasteiger partial charge in [-0.25, -0.2) is 0 Å². The highest BCUT2D eigenvalue weighted by Crippen LogP contribution is 2.22. The van der Waals surface area contributed by atoms with Gasteiger partial charge >= 0.3 is 0 Å². The number of rotatable bonds is 5. The fraction of sp³-hybridized carbons (Fsp3) is 0.600. The molecule has 0 heterocycles. The van der Waals surface area contributed by atoms with Crippen LogP contribution in [0.1, 0.15) is 45.6 Å². The maximum Gasteiger partial charge on any atom is 0.0545 e. The van der Waals surface area contributed by atoms with Crippen LogP contribution in [0.5, 0.6) is 0 Å². The molecule has 0 saturated heterocycles. The van der Waals surface area contributed by atoms with Crippen LogP contribution < -0.4 is 0 Å². The monoisotopic (exact) mass is 220 g/mol. The Morgan fingerprint density at radius 3 is 2.31 bits per heavy atom. The first kappa shape index (κ1) is 13.2. The highest BCUT2D eigenvalue weighted by molar-refractivity contribution is 5.14. The Labute approximate surface area is 99.5 Å². The fourth-order valence-corrected chi connectivity index (χ4v) is 2.00. The second kappa shape index (κ2) is 6.05. The predicted octanol–water partition coefficient (Wildman–Crippen LogP) is 3.81. The number of benzene rings is 1. The molecule has 0 amide bonds. The van der Waals surface area contributed by atoms with E-state index in [0.29, 0.717) is 0 Å². The molecule has 0 aliphatic carbocycles. The van der Waals surface area contributed by atoms with Crippen LogP contribution in [0.4, 0.5) is 0 Å². The van der Waals surface area contributed by atoms with Crippen LogP contribution in [0.25, 0.3) is 0 Å². The normalized spacial score (nSPS) is 13.8. The smallest absolute Gasteiger partial charge is 0.0545 e. The fourth-order valence-electron chi connectivity index (χ4n) is 2.00. The highest BCUT2D eigenvalue weighted by Gasteiger charge is 2.15. The van der Waals surface area contributed by atoms with Crippen LogP contribution in [0.3, 0.4) is 0 Å². The largest absolute Gasteiger partial charge is 0.393 e. The van der Waals surface area contributed by atoms with Crippen molar-refractivity contribution in [3.05, 3.63) is 35.9 Å². The molecular weight excluding hydrogens is 196 g/mol. The number of aryl methyl sites for hydroxylation is 1. The van der Waals surface area contributed by atoms with Crippen molar-refractivity contribution in [3.63, 3.8) is 0 Å². The molecule has 16 heavy (non-hydrogen) atoms. The second-order valence-corrected chi connectivity index (χ2v) is 5.80. The van der Waals surface area contributed by atoms with Crippen molar-refractivity contribution < 1.29 is 5.11 Å². The molecule has 0 bridgehead atoms. The standard InChI is InChI=1S/C15H24O/c1-15(2,3)12-14(16)11-7-10-13-8-5-4-6-9-13/h4-6,8-9,14,16H,7,10-12H2,1-3H3. The second-order valence-electron chi connectivity index (χ2n) is 5.80. The van der Waals surface area contributed by atoms with E-state index in [9.17, 15) is 5.11 Å². The van der Waals surface area contributed by atoms with E-state index in [4.69, 9.17) is 0 Å². The summed E-state index contributed by atoms with van der Waals surface area (Å²) >= 11 is 0. The quantitative estimate of drug-likeness (QED) is 0.800. The van der Waals surface area contributed by atoms with Crippen molar-refractivity contribution in [1.82, 2.24) is 0 Å². The van der Waals surface area contributed by atoms with Crippen LogP contribution in [-0.4, -0.2) is 11.2 Å². The number of hydrogen-bond donors (Lipinski definition) is 1. The van der Waals surface area contributed by atoms with Gasteiger partial charge in [0, 0.05) is 0 Å². The van der Waals surface area contributed by atoms with Gasteiger partial charge in [-0.1, -0.05) is 51.1 Å². The van der Waals surface area contributed by atoms with E-state index in [1.807, 2.05) is 6.07 Å². The van der Waals surface area contributed by atoms with Gasteiger partial charge in [-0.2, -0.15) is 0 Å². The molecule has 0 aromatic heterocycles. The maximum atomic E-state index is 9.86. The summed E-state index contributed by atoms with van der Waals surface area (Å²) in [6.07, 6.45) is 3.79. The average molecular weight is 220 g/mol. The van der Waals surface area contributed by atoms with Crippen LogP contribution in [0.15, 0.2) is 30.3 Å². The first-order valence-electron chi connectivity index (χ1n) is 6.19. The van der Waals surface area contributed by atoms with Gasteiger partial charge in [0.05, 0.1) is 6.10 Å². The van der Waals surface area contributed by atoms with Crippen molar-refractivity contribution >= 4 is 0 Å². The first-order chi connectivity index (χ1) is 7.47. The predicted molar refractivity (Wildman–Crippen MR) is 69.5 cm³/mol. The molecule has 1 atom stereocenters. The minimum Gasteiger partial charge on any atom is -0.393 e. The van der Waals surface area contributed by atoms with Crippen molar-refractivity contribution in [2.45, 2.75) is 52.6 Å². The molecule has 0 aliphatic rings. The van der Waals surface area contributed by atoms with Crippen molar-refractivity contribution in [2.24, 2.45) is 5.41 Å². The summed E-state index contributed by atoms with van der Waals surface area (Å²) in [7, 11) is 0. The summed E-state index contributed by atoms with van der Waals surface area (Å²) < 4.78 is 0. The lowest BCUT2D eigenvalue weighted by Gasteiger charge is -2.22. The van der Waals surface area contributed by atoms with E-state index in [1.165, 1.54) is 5.56 Å². The molecular formula is C15H24O. The van der Waals surface area contributed by atoms with Crippen molar-refractivity contribution in [1.29, 1.82) is 0 Å². The average Bonchev–Trinajstić information content (AvgIpc) is 2.16. The number of aliphatic hydroxyl groups is 1. The summed E-state index contributed by atoms with van der Waals surface area (Å²) in [5.41, 5.74) is 1.59. The SMILES string of the molecule is CC(C)(C)CC(O)CCCc1ccccc1. The summed E-state index contributed by atoms with van der Waals surface area (Å²) in [5.74, 6) is 0. The van der Waals surface area contributed by atoms with Gasteiger partial charge in [0.2, 0.25) is 0 Å². The topological polar surface area (TPSA) is 20.2 Å². The van der Waals surface area contributed by atoms with E-state index in [1.54, 1.807) is 0 Å². The highest BCUT2D eigenvalue weighted by atomic mass is 16.3. The van der Waals surface area contributed by atoms with Gasteiger partial charge in [-0.15, -0.1) is 0 Å². The summed E-state index contributed by atoms with van der Waals surface area (Å²) in [6, 6.07) is 10.5. The Morgan fingerprint density at radius 1 is 1.12 bits per heavy atom. The molecule has 90 valence electrons. The minimum absolute atomic E-state index is 0.149. The molecule has 1 aromatic rings. The van der Waals surface area contributed by atoms with Gasteiger partial charge < -0.3 is 5.11 Å². The lowest BCUT2D eigenvalue weighted by molar-refractivity contribution is 0.111. The van der Waals surface area contributed by atoms with Crippen molar-refractivity contribution in [2.75, 3.05) is 0 Å². The molecule has 1 N–H and O–H groups in total. The molecule has 1 heteroatoms. The Morgan fingerprint density at radius 2 is 1.75 bits per heavy atom. The Kier molecular flexibility index (Phi) is 5.01. The zero-order valence-electron chi connectivity index (χ0n) is 10.7.